The Hall–Kier alpha value is -1.50. The third kappa shape index (κ3) is 2.60. The van der Waals surface area contributed by atoms with Gasteiger partial charge in [0.15, 0.2) is 5.16 Å². The van der Waals surface area contributed by atoms with Crippen LogP contribution in [0.1, 0.15) is 13.8 Å². The second kappa shape index (κ2) is 5.24. The minimum Gasteiger partial charge on any atom is -0.373 e. The molecule has 0 atom stereocenters. The summed E-state index contributed by atoms with van der Waals surface area (Å²) in [4.78, 5) is 22.9. The maximum absolute atomic E-state index is 12.0. The second-order valence-electron chi connectivity index (χ2n) is 4.81. The smallest absolute Gasteiger partial charge is 0.245 e. The van der Waals surface area contributed by atoms with Gasteiger partial charge in [0.1, 0.15) is 17.2 Å². The molecule has 1 aromatic rings. The fraction of sp³-hybridized carbons (Fsp3) is 0.583. The number of rotatable bonds is 3. The van der Waals surface area contributed by atoms with Crippen molar-refractivity contribution in [3.8, 4) is 0 Å². The van der Waals surface area contributed by atoms with E-state index >= 15 is 0 Å². The van der Waals surface area contributed by atoms with Gasteiger partial charge in [-0.25, -0.2) is 9.97 Å². The van der Waals surface area contributed by atoms with E-state index in [4.69, 9.17) is 0 Å². The highest BCUT2D eigenvalue weighted by Gasteiger charge is 2.38. The largest absolute Gasteiger partial charge is 0.373 e. The monoisotopic (exact) mass is 281 g/mol. The minimum absolute atomic E-state index is 0.0223. The number of carbonyl (C=O) groups excluding carboxylic acids is 1. The topological polar surface area (TPSA) is 70.2 Å². The first-order valence-electron chi connectivity index (χ1n) is 6.16. The fourth-order valence-corrected chi connectivity index (χ4v) is 2.45. The van der Waals surface area contributed by atoms with Crippen LogP contribution >= 0.6 is 11.8 Å². The van der Waals surface area contributed by atoms with Crippen molar-refractivity contribution >= 4 is 29.3 Å². The lowest BCUT2D eigenvalue weighted by atomic mass is 9.99. The normalized spacial score (nSPS) is 18.1. The zero-order valence-corrected chi connectivity index (χ0v) is 12.5. The highest BCUT2D eigenvalue weighted by molar-refractivity contribution is 7.98. The molecule has 6 nitrogen and oxygen atoms in total. The van der Waals surface area contributed by atoms with Gasteiger partial charge in [-0.3, -0.25) is 4.79 Å². The molecule has 1 aliphatic rings. The maximum Gasteiger partial charge on any atom is 0.245 e. The Labute approximate surface area is 117 Å². The molecule has 2 N–H and O–H groups in total. The minimum atomic E-state index is -0.604. The van der Waals surface area contributed by atoms with Crippen molar-refractivity contribution in [2.24, 2.45) is 0 Å². The summed E-state index contributed by atoms with van der Waals surface area (Å²) in [5, 5.41) is 6.61. The quantitative estimate of drug-likeness (QED) is 0.635. The van der Waals surface area contributed by atoms with Gasteiger partial charge in [0.2, 0.25) is 5.91 Å². The van der Waals surface area contributed by atoms with Gasteiger partial charge in [0.05, 0.1) is 0 Å². The van der Waals surface area contributed by atoms with Gasteiger partial charge in [0, 0.05) is 26.2 Å². The van der Waals surface area contributed by atoms with E-state index < -0.39 is 5.54 Å². The van der Waals surface area contributed by atoms with E-state index in [9.17, 15) is 4.79 Å². The number of hydrogen-bond acceptors (Lipinski definition) is 6. The van der Waals surface area contributed by atoms with Gasteiger partial charge in [-0.1, -0.05) is 11.8 Å². The van der Waals surface area contributed by atoms with E-state index in [0.717, 1.165) is 18.2 Å². The SMILES string of the molecule is CNc1cc(N2CCNC(=O)C2(C)C)nc(SC)n1. The predicted octanol–water partition coefficient (Wildman–Crippen LogP) is 0.955. The lowest BCUT2D eigenvalue weighted by Gasteiger charge is -2.42. The molecule has 0 bridgehead atoms. The van der Waals surface area contributed by atoms with Crippen molar-refractivity contribution in [2.75, 3.05) is 36.6 Å². The molecule has 0 saturated carbocycles. The van der Waals surface area contributed by atoms with Gasteiger partial charge in [0.25, 0.3) is 0 Å². The van der Waals surface area contributed by atoms with Crippen molar-refractivity contribution in [2.45, 2.75) is 24.5 Å². The summed E-state index contributed by atoms with van der Waals surface area (Å²) in [5.74, 6) is 1.56. The first-order valence-corrected chi connectivity index (χ1v) is 7.38. The summed E-state index contributed by atoms with van der Waals surface area (Å²) in [6.07, 6.45) is 1.94. The highest BCUT2D eigenvalue weighted by atomic mass is 32.2. The number of piperazine rings is 1. The van der Waals surface area contributed by atoms with Crippen LogP contribution in [0.2, 0.25) is 0 Å². The summed E-state index contributed by atoms with van der Waals surface area (Å²) < 4.78 is 0. The zero-order valence-electron chi connectivity index (χ0n) is 11.6. The van der Waals surface area contributed by atoms with Crippen molar-refractivity contribution in [3.05, 3.63) is 6.07 Å². The molecule has 1 amide bonds. The number of carbonyl (C=O) groups is 1. The standard InChI is InChI=1S/C12H19N5OS/c1-12(2)10(18)14-5-6-17(12)9-7-8(13-3)15-11(16-9)19-4/h7H,5-6H2,1-4H3,(H,14,18)(H,13,15,16). The van der Waals surface area contributed by atoms with Gasteiger partial charge < -0.3 is 15.5 Å². The number of thioether (sulfide) groups is 1. The summed E-state index contributed by atoms with van der Waals surface area (Å²) in [7, 11) is 1.82. The van der Waals surface area contributed by atoms with Gasteiger partial charge in [-0.05, 0) is 20.1 Å². The Kier molecular flexibility index (Phi) is 3.84. The summed E-state index contributed by atoms with van der Waals surface area (Å²) in [6, 6.07) is 1.88. The Bertz CT molecular complexity index is 469. The van der Waals surface area contributed by atoms with Crippen molar-refractivity contribution in [3.63, 3.8) is 0 Å². The number of nitrogens with zero attached hydrogens (tertiary/aromatic N) is 3. The molecular weight excluding hydrogens is 262 g/mol. The molecule has 1 aromatic heterocycles. The fourth-order valence-electron chi connectivity index (χ4n) is 2.07. The van der Waals surface area contributed by atoms with Crippen molar-refractivity contribution in [1.29, 1.82) is 0 Å². The lowest BCUT2D eigenvalue weighted by molar-refractivity contribution is -0.126. The second-order valence-corrected chi connectivity index (χ2v) is 5.59. The Morgan fingerprint density at radius 1 is 1.47 bits per heavy atom. The molecule has 1 saturated heterocycles. The van der Waals surface area contributed by atoms with E-state index in [2.05, 4.69) is 20.6 Å². The predicted molar refractivity (Wildman–Crippen MR) is 77.8 cm³/mol. The zero-order chi connectivity index (χ0) is 14.0. The number of hydrogen-bond donors (Lipinski definition) is 2. The molecule has 0 unspecified atom stereocenters. The molecule has 0 aliphatic carbocycles. The number of amides is 1. The third-order valence-electron chi connectivity index (χ3n) is 3.26. The van der Waals surface area contributed by atoms with Crippen LogP contribution in [0.4, 0.5) is 11.6 Å². The molecule has 19 heavy (non-hydrogen) atoms. The van der Waals surface area contributed by atoms with Gasteiger partial charge in [-0.2, -0.15) is 0 Å². The Morgan fingerprint density at radius 2 is 2.21 bits per heavy atom. The summed E-state index contributed by atoms with van der Waals surface area (Å²) >= 11 is 1.49. The van der Waals surface area contributed by atoms with Crippen LogP contribution in [0, 0.1) is 0 Å². The van der Waals surface area contributed by atoms with Crippen molar-refractivity contribution in [1.82, 2.24) is 15.3 Å². The van der Waals surface area contributed by atoms with Crippen LogP contribution in [0.5, 0.6) is 0 Å². The number of anilines is 2. The first kappa shape index (κ1) is 13.9. The molecule has 7 heteroatoms. The molecule has 1 aliphatic heterocycles. The van der Waals surface area contributed by atoms with Crippen LogP contribution in [0.25, 0.3) is 0 Å². The Morgan fingerprint density at radius 3 is 2.84 bits per heavy atom. The van der Waals surface area contributed by atoms with E-state index in [1.807, 2.05) is 38.1 Å². The van der Waals surface area contributed by atoms with Crippen LogP contribution in [-0.4, -0.2) is 47.8 Å². The lowest BCUT2D eigenvalue weighted by Crippen LogP contribution is -2.62. The van der Waals surface area contributed by atoms with E-state index in [1.165, 1.54) is 11.8 Å². The van der Waals surface area contributed by atoms with Crippen LogP contribution in [0.15, 0.2) is 11.2 Å². The van der Waals surface area contributed by atoms with Crippen LogP contribution in [0.3, 0.4) is 0 Å². The van der Waals surface area contributed by atoms with E-state index in [-0.39, 0.29) is 5.91 Å². The van der Waals surface area contributed by atoms with Crippen LogP contribution in [-0.2, 0) is 4.79 Å². The number of aromatic nitrogens is 2. The van der Waals surface area contributed by atoms with Gasteiger partial charge >= 0.3 is 0 Å². The summed E-state index contributed by atoms with van der Waals surface area (Å²) in [6.45, 7) is 5.19. The molecule has 2 heterocycles. The van der Waals surface area contributed by atoms with E-state index in [0.29, 0.717) is 11.7 Å². The molecule has 0 radical (unpaired) electrons. The van der Waals surface area contributed by atoms with E-state index in [1.54, 1.807) is 0 Å². The molecule has 1 fully saturated rings. The molecule has 0 aromatic carbocycles. The molecular formula is C12H19N5OS. The molecule has 0 spiro atoms. The summed E-state index contributed by atoms with van der Waals surface area (Å²) in [5.41, 5.74) is -0.604. The average Bonchev–Trinajstić information content (AvgIpc) is 2.41. The van der Waals surface area contributed by atoms with Crippen LogP contribution < -0.4 is 15.5 Å². The molecule has 2 rings (SSSR count). The maximum atomic E-state index is 12.0. The highest BCUT2D eigenvalue weighted by Crippen LogP contribution is 2.27. The Balaban J connectivity index is 2.42. The third-order valence-corrected chi connectivity index (χ3v) is 3.81. The number of nitrogens with one attached hydrogen (secondary N) is 2. The average molecular weight is 281 g/mol. The van der Waals surface area contributed by atoms with Gasteiger partial charge in [-0.15, -0.1) is 0 Å². The first-order chi connectivity index (χ1) is 8.98. The van der Waals surface area contributed by atoms with Crippen molar-refractivity contribution < 1.29 is 4.79 Å². The molecule has 104 valence electrons.